The number of anilines is 1. The number of carbonyl (C=O) groups excluding carboxylic acids is 3. The quantitative estimate of drug-likeness (QED) is 0.660. The van der Waals surface area contributed by atoms with Crippen molar-refractivity contribution >= 4 is 34.4 Å². The summed E-state index contributed by atoms with van der Waals surface area (Å²) in [4.78, 5) is 39.8. The molecule has 1 fully saturated rings. The minimum atomic E-state index is -0.663. The Balaban J connectivity index is 1.29. The normalized spacial score (nSPS) is 20.5. The Bertz CT molecular complexity index is 1190. The number of likely N-dealkylation sites (tertiary alicyclic amines) is 1. The second kappa shape index (κ2) is 8.11. The molecule has 1 aromatic heterocycles. The molecule has 0 unspecified atom stereocenters. The number of nitrogens with one attached hydrogen (secondary N) is 2. The largest absolute Gasteiger partial charge is 0.451 e. The molecule has 3 aromatic rings. The van der Waals surface area contributed by atoms with Crippen LogP contribution in [0.5, 0.6) is 0 Å². The van der Waals surface area contributed by atoms with Gasteiger partial charge in [0.15, 0.2) is 5.76 Å². The molecule has 0 bridgehead atoms. The monoisotopic (exact) mass is 435 g/mol. The van der Waals surface area contributed by atoms with E-state index in [1.165, 1.54) is 12.1 Å². The van der Waals surface area contributed by atoms with E-state index in [-0.39, 0.29) is 35.9 Å². The fourth-order valence-corrected chi connectivity index (χ4v) is 4.52. The van der Waals surface area contributed by atoms with Crippen molar-refractivity contribution in [2.75, 3.05) is 18.4 Å². The molecule has 0 saturated carbocycles. The van der Waals surface area contributed by atoms with Crippen molar-refractivity contribution in [1.82, 2.24) is 10.2 Å². The third-order valence-electron chi connectivity index (χ3n) is 6.07. The van der Waals surface area contributed by atoms with Crippen molar-refractivity contribution in [3.63, 3.8) is 0 Å². The maximum absolute atomic E-state index is 13.6. The number of piperidine rings is 1. The van der Waals surface area contributed by atoms with E-state index in [0.29, 0.717) is 29.9 Å². The van der Waals surface area contributed by atoms with Gasteiger partial charge in [0.1, 0.15) is 11.4 Å². The van der Waals surface area contributed by atoms with Crippen LogP contribution in [0.15, 0.2) is 52.9 Å². The van der Waals surface area contributed by atoms with Gasteiger partial charge in [-0.2, -0.15) is 0 Å². The maximum Gasteiger partial charge on any atom is 0.287 e. The van der Waals surface area contributed by atoms with Crippen LogP contribution in [0.1, 0.15) is 41.3 Å². The predicted molar refractivity (Wildman–Crippen MR) is 116 cm³/mol. The number of halogens is 1. The molecule has 2 aromatic carbocycles. The number of benzene rings is 2. The lowest BCUT2D eigenvalue weighted by atomic mass is 9.88. The molecule has 32 heavy (non-hydrogen) atoms. The molecular formula is C24H22FN3O4. The van der Waals surface area contributed by atoms with Crippen LogP contribution in [0.2, 0.25) is 0 Å². The van der Waals surface area contributed by atoms with Gasteiger partial charge in [0.05, 0.1) is 5.92 Å². The van der Waals surface area contributed by atoms with Crippen LogP contribution in [0, 0.1) is 5.82 Å². The van der Waals surface area contributed by atoms with Gasteiger partial charge >= 0.3 is 0 Å². The zero-order valence-electron chi connectivity index (χ0n) is 17.3. The summed E-state index contributed by atoms with van der Waals surface area (Å²) in [6.07, 6.45) is 1.48. The van der Waals surface area contributed by atoms with Crippen LogP contribution in [-0.4, -0.2) is 41.8 Å². The van der Waals surface area contributed by atoms with Crippen molar-refractivity contribution < 1.29 is 23.2 Å². The van der Waals surface area contributed by atoms with Gasteiger partial charge in [-0.3, -0.25) is 14.4 Å². The van der Waals surface area contributed by atoms with Crippen LogP contribution in [0.3, 0.4) is 0 Å². The molecule has 2 aliphatic rings. The predicted octanol–water partition coefficient (Wildman–Crippen LogP) is 3.42. The standard InChI is InChI=1S/C24H22FN3O4/c25-15-7-8-17-18(12-22(29)27-19(17)11-15)24(31)28-9-3-5-16(13-28)26-23(30)21-10-14-4-1-2-6-20(14)32-21/h1-2,4,6-8,10-11,16,18H,3,5,9,12-13H2,(H,26,30)(H,27,29)/t16-,18-/m0/s1. The molecule has 5 rings (SSSR count). The number of amides is 3. The van der Waals surface area contributed by atoms with Gasteiger partial charge in [-0.15, -0.1) is 0 Å². The van der Waals surface area contributed by atoms with Gasteiger partial charge in [0.25, 0.3) is 5.91 Å². The minimum absolute atomic E-state index is 0.0178. The first-order valence-electron chi connectivity index (χ1n) is 10.7. The average molecular weight is 435 g/mol. The fourth-order valence-electron chi connectivity index (χ4n) is 4.52. The van der Waals surface area contributed by atoms with Crippen LogP contribution in [0.25, 0.3) is 11.0 Å². The zero-order chi connectivity index (χ0) is 22.2. The summed E-state index contributed by atoms with van der Waals surface area (Å²) < 4.78 is 19.2. The van der Waals surface area contributed by atoms with E-state index in [4.69, 9.17) is 4.42 Å². The highest BCUT2D eigenvalue weighted by Crippen LogP contribution is 2.34. The van der Waals surface area contributed by atoms with E-state index >= 15 is 0 Å². The second-order valence-electron chi connectivity index (χ2n) is 8.28. The molecule has 3 amide bonds. The van der Waals surface area contributed by atoms with Gasteiger partial charge in [0.2, 0.25) is 11.8 Å². The number of fused-ring (bicyclic) bond motifs is 2. The number of furan rings is 1. The molecule has 2 aliphatic heterocycles. The number of nitrogens with zero attached hydrogens (tertiary/aromatic N) is 1. The lowest BCUT2D eigenvalue weighted by molar-refractivity contribution is -0.136. The van der Waals surface area contributed by atoms with Crippen molar-refractivity contribution in [2.24, 2.45) is 0 Å². The van der Waals surface area contributed by atoms with Crippen molar-refractivity contribution in [3.05, 3.63) is 65.7 Å². The summed E-state index contributed by atoms with van der Waals surface area (Å²) in [5.74, 6) is -1.72. The van der Waals surface area contributed by atoms with Crippen molar-refractivity contribution in [2.45, 2.75) is 31.2 Å². The highest BCUT2D eigenvalue weighted by atomic mass is 19.1. The third kappa shape index (κ3) is 3.84. The first kappa shape index (κ1) is 20.2. The SMILES string of the molecule is O=C1C[C@H](C(=O)N2CCC[C@H](NC(=O)c3cc4ccccc4o3)C2)c2ccc(F)cc2N1. The second-order valence-corrected chi connectivity index (χ2v) is 8.28. The number of hydrogen-bond donors (Lipinski definition) is 2. The molecule has 164 valence electrons. The number of rotatable bonds is 3. The van der Waals surface area contributed by atoms with E-state index in [1.807, 2.05) is 18.2 Å². The molecule has 7 nitrogen and oxygen atoms in total. The summed E-state index contributed by atoms with van der Waals surface area (Å²) in [6, 6.07) is 13.0. The Kier molecular flexibility index (Phi) is 5.13. The summed E-state index contributed by atoms with van der Waals surface area (Å²) in [7, 11) is 0. The smallest absolute Gasteiger partial charge is 0.287 e. The van der Waals surface area contributed by atoms with E-state index in [1.54, 1.807) is 23.1 Å². The molecule has 0 aliphatic carbocycles. The lowest BCUT2D eigenvalue weighted by Crippen LogP contribution is -2.51. The topological polar surface area (TPSA) is 91.7 Å². The van der Waals surface area contributed by atoms with Gasteiger partial charge < -0.3 is 20.0 Å². The van der Waals surface area contributed by atoms with E-state index in [9.17, 15) is 18.8 Å². The van der Waals surface area contributed by atoms with E-state index < -0.39 is 11.7 Å². The molecule has 2 N–H and O–H groups in total. The van der Waals surface area contributed by atoms with E-state index in [0.717, 1.165) is 18.2 Å². The Morgan fingerprint density at radius 3 is 2.84 bits per heavy atom. The Morgan fingerprint density at radius 1 is 1.16 bits per heavy atom. The molecule has 0 radical (unpaired) electrons. The van der Waals surface area contributed by atoms with Crippen molar-refractivity contribution in [3.8, 4) is 0 Å². The summed E-state index contributed by atoms with van der Waals surface area (Å²) in [5, 5.41) is 6.45. The van der Waals surface area contributed by atoms with Gasteiger partial charge in [-0.05, 0) is 42.7 Å². The molecule has 1 saturated heterocycles. The van der Waals surface area contributed by atoms with E-state index in [2.05, 4.69) is 10.6 Å². The first-order chi connectivity index (χ1) is 15.5. The third-order valence-corrected chi connectivity index (χ3v) is 6.07. The summed E-state index contributed by atoms with van der Waals surface area (Å²) >= 11 is 0. The number of carbonyl (C=O) groups is 3. The Labute approximate surface area is 183 Å². The van der Waals surface area contributed by atoms with Crippen molar-refractivity contribution in [1.29, 1.82) is 0 Å². The average Bonchev–Trinajstić information content (AvgIpc) is 3.22. The Hall–Kier alpha value is -3.68. The molecule has 0 spiro atoms. The minimum Gasteiger partial charge on any atom is -0.451 e. The zero-order valence-corrected chi connectivity index (χ0v) is 17.3. The highest BCUT2D eigenvalue weighted by Gasteiger charge is 2.35. The lowest BCUT2D eigenvalue weighted by Gasteiger charge is -2.36. The van der Waals surface area contributed by atoms with Crippen LogP contribution in [-0.2, 0) is 9.59 Å². The molecular weight excluding hydrogens is 413 g/mol. The molecule has 3 heterocycles. The summed E-state index contributed by atoms with van der Waals surface area (Å²) in [6.45, 7) is 0.893. The molecule has 2 atom stereocenters. The fraction of sp³-hybridized carbons (Fsp3) is 0.292. The molecule has 8 heteroatoms. The number of hydrogen-bond acceptors (Lipinski definition) is 4. The Morgan fingerprint density at radius 2 is 2.00 bits per heavy atom. The number of para-hydroxylation sites is 1. The van der Waals surface area contributed by atoms with Gasteiger partial charge in [-0.1, -0.05) is 24.3 Å². The maximum atomic E-state index is 13.6. The summed E-state index contributed by atoms with van der Waals surface area (Å²) in [5.41, 5.74) is 1.60. The van der Waals surface area contributed by atoms with Crippen LogP contribution >= 0.6 is 0 Å². The first-order valence-corrected chi connectivity index (χ1v) is 10.7. The van der Waals surface area contributed by atoms with Gasteiger partial charge in [-0.25, -0.2) is 4.39 Å². The van der Waals surface area contributed by atoms with Crippen LogP contribution in [0.4, 0.5) is 10.1 Å². The van der Waals surface area contributed by atoms with Crippen LogP contribution < -0.4 is 10.6 Å². The highest BCUT2D eigenvalue weighted by molar-refractivity contribution is 6.01. The van der Waals surface area contributed by atoms with Gasteiger partial charge in [0, 0.05) is 36.6 Å².